The summed E-state index contributed by atoms with van der Waals surface area (Å²) in [4.78, 5) is 9.19. The summed E-state index contributed by atoms with van der Waals surface area (Å²) in [6.07, 6.45) is 5.05. The Morgan fingerprint density at radius 3 is 2.80 bits per heavy atom. The molecular weight excluding hydrogens is 321 g/mol. The molecule has 3 nitrogen and oxygen atoms in total. The lowest BCUT2D eigenvalue weighted by molar-refractivity contribution is 1.05. The van der Waals surface area contributed by atoms with Crippen molar-refractivity contribution in [1.29, 1.82) is 0 Å². The van der Waals surface area contributed by atoms with Crippen molar-refractivity contribution in [2.24, 2.45) is 0 Å². The summed E-state index contributed by atoms with van der Waals surface area (Å²) in [6.45, 7) is 0. The van der Waals surface area contributed by atoms with Gasteiger partial charge in [0.05, 0.1) is 6.20 Å². The van der Waals surface area contributed by atoms with Crippen molar-refractivity contribution in [1.82, 2.24) is 9.97 Å². The van der Waals surface area contributed by atoms with Crippen LogP contribution in [0.2, 0.25) is 0 Å². The molecule has 0 saturated heterocycles. The number of nitrogens with zero attached hydrogens (tertiary/aromatic N) is 2. The zero-order chi connectivity index (χ0) is 10.7. The standard InChI is InChI=1S/C10H8IN3S/c11-7-1-2-9(8(12)5-7)15-10-6-13-3-4-14-10/h1-6H,12H2. The Kier molecular flexibility index (Phi) is 3.42. The number of hydrogen-bond donors (Lipinski definition) is 1. The number of rotatable bonds is 2. The van der Waals surface area contributed by atoms with Gasteiger partial charge in [0.25, 0.3) is 0 Å². The van der Waals surface area contributed by atoms with Gasteiger partial charge in [0.15, 0.2) is 0 Å². The van der Waals surface area contributed by atoms with Gasteiger partial charge in [0, 0.05) is 26.5 Å². The highest BCUT2D eigenvalue weighted by Crippen LogP contribution is 2.30. The van der Waals surface area contributed by atoms with Gasteiger partial charge >= 0.3 is 0 Å². The number of nitrogen functional groups attached to an aromatic ring is 1. The van der Waals surface area contributed by atoms with E-state index in [-0.39, 0.29) is 0 Å². The third kappa shape index (κ3) is 2.82. The molecule has 0 aliphatic carbocycles. The maximum atomic E-state index is 5.90. The largest absolute Gasteiger partial charge is 0.398 e. The van der Waals surface area contributed by atoms with Gasteiger partial charge in [0.2, 0.25) is 0 Å². The van der Waals surface area contributed by atoms with E-state index >= 15 is 0 Å². The molecule has 0 atom stereocenters. The molecule has 0 saturated carbocycles. The Morgan fingerprint density at radius 2 is 2.13 bits per heavy atom. The lowest BCUT2D eigenvalue weighted by Gasteiger charge is -2.04. The molecule has 15 heavy (non-hydrogen) atoms. The van der Waals surface area contributed by atoms with Crippen LogP contribution in [0.25, 0.3) is 0 Å². The molecule has 1 heterocycles. The molecule has 0 aliphatic heterocycles. The summed E-state index contributed by atoms with van der Waals surface area (Å²) in [5.74, 6) is 0. The summed E-state index contributed by atoms with van der Waals surface area (Å²) in [5.41, 5.74) is 6.67. The molecule has 0 aliphatic rings. The summed E-state index contributed by atoms with van der Waals surface area (Å²) in [5, 5.41) is 0.852. The van der Waals surface area contributed by atoms with E-state index in [1.54, 1.807) is 18.6 Å². The molecule has 2 aromatic rings. The van der Waals surface area contributed by atoms with Crippen molar-refractivity contribution in [2.75, 3.05) is 5.73 Å². The van der Waals surface area contributed by atoms with Crippen LogP contribution in [0.4, 0.5) is 5.69 Å². The van der Waals surface area contributed by atoms with Gasteiger partial charge in [-0.3, -0.25) is 4.98 Å². The van der Waals surface area contributed by atoms with Gasteiger partial charge in [-0.2, -0.15) is 0 Å². The Labute approximate surface area is 106 Å². The van der Waals surface area contributed by atoms with Gasteiger partial charge in [-0.05, 0) is 40.8 Å². The second-order valence-electron chi connectivity index (χ2n) is 2.83. The van der Waals surface area contributed by atoms with Crippen LogP contribution in [-0.2, 0) is 0 Å². The van der Waals surface area contributed by atoms with Crippen molar-refractivity contribution >= 4 is 40.0 Å². The quantitative estimate of drug-likeness (QED) is 0.680. The number of aromatic nitrogens is 2. The molecule has 0 spiro atoms. The molecule has 0 bridgehead atoms. The second kappa shape index (κ2) is 4.80. The highest BCUT2D eigenvalue weighted by atomic mass is 127. The molecule has 2 rings (SSSR count). The maximum Gasteiger partial charge on any atom is 0.119 e. The van der Waals surface area contributed by atoms with Gasteiger partial charge < -0.3 is 5.73 Å². The Bertz CT molecular complexity index is 461. The zero-order valence-corrected chi connectivity index (χ0v) is 10.7. The van der Waals surface area contributed by atoms with Gasteiger partial charge in [-0.25, -0.2) is 4.98 Å². The number of halogens is 1. The first-order chi connectivity index (χ1) is 7.25. The molecule has 0 fully saturated rings. The molecule has 76 valence electrons. The fourth-order valence-electron chi connectivity index (χ4n) is 1.06. The third-order valence-electron chi connectivity index (χ3n) is 1.73. The van der Waals surface area contributed by atoms with Gasteiger partial charge in [0.1, 0.15) is 5.03 Å². The minimum absolute atomic E-state index is 0.776. The van der Waals surface area contributed by atoms with Crippen molar-refractivity contribution in [2.45, 2.75) is 9.92 Å². The molecule has 5 heteroatoms. The van der Waals surface area contributed by atoms with E-state index in [2.05, 4.69) is 32.6 Å². The van der Waals surface area contributed by atoms with Crippen LogP contribution in [0.3, 0.4) is 0 Å². The number of anilines is 1. The van der Waals surface area contributed by atoms with E-state index in [0.717, 1.165) is 19.2 Å². The Morgan fingerprint density at radius 1 is 1.27 bits per heavy atom. The molecule has 0 amide bonds. The number of hydrogen-bond acceptors (Lipinski definition) is 4. The van der Waals surface area contributed by atoms with Crippen LogP contribution in [0.1, 0.15) is 0 Å². The lowest BCUT2D eigenvalue weighted by atomic mass is 10.3. The normalized spacial score (nSPS) is 10.2. The molecule has 2 N–H and O–H groups in total. The molecule has 1 aromatic heterocycles. The SMILES string of the molecule is Nc1cc(I)ccc1Sc1cnccn1. The van der Waals surface area contributed by atoms with Gasteiger partial charge in [-0.1, -0.05) is 11.8 Å². The van der Waals surface area contributed by atoms with E-state index in [4.69, 9.17) is 5.73 Å². The van der Waals surface area contributed by atoms with Crippen LogP contribution in [0, 0.1) is 3.57 Å². The van der Waals surface area contributed by atoms with Gasteiger partial charge in [-0.15, -0.1) is 0 Å². The molecular formula is C10H8IN3S. The average molecular weight is 329 g/mol. The lowest BCUT2D eigenvalue weighted by Crippen LogP contribution is -1.90. The second-order valence-corrected chi connectivity index (χ2v) is 5.14. The Balaban J connectivity index is 2.25. The first-order valence-corrected chi connectivity index (χ1v) is 6.14. The minimum Gasteiger partial charge on any atom is -0.398 e. The first kappa shape index (κ1) is 10.7. The molecule has 0 radical (unpaired) electrons. The predicted molar refractivity (Wildman–Crippen MR) is 69.7 cm³/mol. The Hall–Kier alpha value is -0.820. The monoisotopic (exact) mass is 329 g/mol. The van der Waals surface area contributed by atoms with E-state index in [1.165, 1.54) is 11.8 Å². The number of nitrogens with two attached hydrogens (primary N) is 1. The van der Waals surface area contributed by atoms with Crippen LogP contribution in [-0.4, -0.2) is 9.97 Å². The fraction of sp³-hybridized carbons (Fsp3) is 0. The average Bonchev–Trinajstić information content (AvgIpc) is 2.24. The van der Waals surface area contributed by atoms with E-state index in [1.807, 2.05) is 18.2 Å². The van der Waals surface area contributed by atoms with E-state index in [0.29, 0.717) is 0 Å². The van der Waals surface area contributed by atoms with Crippen molar-refractivity contribution in [3.63, 3.8) is 0 Å². The fourth-order valence-corrected chi connectivity index (χ4v) is 2.34. The third-order valence-corrected chi connectivity index (χ3v) is 3.41. The molecule has 1 aromatic carbocycles. The van der Waals surface area contributed by atoms with Crippen molar-refractivity contribution in [3.8, 4) is 0 Å². The smallest absolute Gasteiger partial charge is 0.119 e. The minimum atomic E-state index is 0.776. The summed E-state index contributed by atoms with van der Waals surface area (Å²) < 4.78 is 1.13. The van der Waals surface area contributed by atoms with E-state index in [9.17, 15) is 0 Å². The summed E-state index contributed by atoms with van der Waals surface area (Å²) >= 11 is 3.76. The van der Waals surface area contributed by atoms with Crippen molar-refractivity contribution < 1.29 is 0 Å². The highest BCUT2D eigenvalue weighted by molar-refractivity contribution is 14.1. The topological polar surface area (TPSA) is 51.8 Å². The predicted octanol–water partition coefficient (Wildman–Crippen LogP) is 2.81. The van der Waals surface area contributed by atoms with Crippen LogP contribution in [0.5, 0.6) is 0 Å². The van der Waals surface area contributed by atoms with Crippen molar-refractivity contribution in [3.05, 3.63) is 40.4 Å². The van der Waals surface area contributed by atoms with E-state index < -0.39 is 0 Å². The van der Waals surface area contributed by atoms with Crippen LogP contribution < -0.4 is 5.73 Å². The van der Waals surface area contributed by atoms with Crippen LogP contribution >= 0.6 is 34.4 Å². The molecule has 0 unspecified atom stereocenters. The first-order valence-electron chi connectivity index (χ1n) is 4.24. The summed E-state index contributed by atoms with van der Waals surface area (Å²) in [6, 6.07) is 5.96. The van der Waals surface area contributed by atoms with Crippen LogP contribution in [0.15, 0.2) is 46.7 Å². The highest BCUT2D eigenvalue weighted by Gasteiger charge is 2.02. The summed E-state index contributed by atoms with van der Waals surface area (Å²) in [7, 11) is 0. The zero-order valence-electron chi connectivity index (χ0n) is 7.72. The number of benzene rings is 1. The maximum absolute atomic E-state index is 5.90.